The number of aliphatic hydroxyl groups excluding tert-OH is 1. The third-order valence-electron chi connectivity index (χ3n) is 6.43. The van der Waals surface area contributed by atoms with Gasteiger partial charge in [-0.1, -0.05) is 25.5 Å². The molecule has 1 fully saturated rings. The number of anilines is 1. The molecule has 35 heavy (non-hydrogen) atoms. The van der Waals surface area contributed by atoms with E-state index in [-0.39, 0.29) is 12.0 Å². The second-order valence-electron chi connectivity index (χ2n) is 9.21. The summed E-state index contributed by atoms with van der Waals surface area (Å²) in [7, 11) is 0. The lowest BCUT2D eigenvalue weighted by molar-refractivity contribution is -0.117. The Morgan fingerprint density at radius 3 is 2.63 bits per heavy atom. The van der Waals surface area contributed by atoms with Crippen LogP contribution in [0.3, 0.4) is 0 Å². The first-order valence-electron chi connectivity index (χ1n) is 12.7. The Hall–Kier alpha value is -2.26. The second-order valence-corrected chi connectivity index (χ2v) is 10.4. The van der Waals surface area contributed by atoms with Crippen LogP contribution >= 0.6 is 11.8 Å². The summed E-state index contributed by atoms with van der Waals surface area (Å²) in [6.45, 7) is 5.09. The molecular weight excluding hydrogens is 462 g/mol. The normalized spacial score (nSPS) is 19.3. The van der Waals surface area contributed by atoms with Gasteiger partial charge in [-0.15, -0.1) is 11.8 Å². The molecule has 2 aliphatic heterocycles. The molecule has 8 heteroatoms. The SMILES string of the molecule is CCCCSc1ccc(NC(=O)CN2CCC(NCC(O)C3COc4ccccc4O3)CC2)cc1. The van der Waals surface area contributed by atoms with Gasteiger partial charge in [-0.25, -0.2) is 0 Å². The number of rotatable bonds is 11. The van der Waals surface area contributed by atoms with E-state index in [0.717, 1.165) is 43.1 Å². The summed E-state index contributed by atoms with van der Waals surface area (Å²) in [6, 6.07) is 16.0. The molecule has 3 N–H and O–H groups in total. The fraction of sp³-hybridized carbons (Fsp3) is 0.519. The minimum Gasteiger partial charge on any atom is -0.486 e. The number of nitrogens with one attached hydrogen (secondary N) is 2. The number of fused-ring (bicyclic) bond motifs is 1. The zero-order chi connectivity index (χ0) is 24.5. The van der Waals surface area contributed by atoms with Crippen molar-refractivity contribution in [2.75, 3.05) is 43.9 Å². The topological polar surface area (TPSA) is 83.1 Å². The number of likely N-dealkylation sites (tertiary alicyclic amines) is 1. The zero-order valence-corrected chi connectivity index (χ0v) is 21.3. The van der Waals surface area contributed by atoms with Gasteiger partial charge in [0.15, 0.2) is 17.6 Å². The predicted molar refractivity (Wildman–Crippen MR) is 141 cm³/mol. The average molecular weight is 500 g/mol. The molecule has 0 saturated carbocycles. The Balaban J connectivity index is 1.12. The maximum Gasteiger partial charge on any atom is 0.238 e. The molecule has 2 heterocycles. The third-order valence-corrected chi connectivity index (χ3v) is 7.53. The van der Waals surface area contributed by atoms with Crippen molar-refractivity contribution in [2.45, 2.75) is 55.8 Å². The number of aliphatic hydroxyl groups is 1. The highest BCUT2D eigenvalue weighted by Gasteiger charge is 2.28. The Morgan fingerprint density at radius 2 is 1.89 bits per heavy atom. The zero-order valence-electron chi connectivity index (χ0n) is 20.4. The van der Waals surface area contributed by atoms with Crippen LogP contribution in [0.2, 0.25) is 0 Å². The molecule has 1 saturated heterocycles. The number of piperidine rings is 1. The highest BCUT2D eigenvalue weighted by molar-refractivity contribution is 7.99. The number of thioether (sulfide) groups is 1. The van der Waals surface area contributed by atoms with E-state index >= 15 is 0 Å². The second kappa shape index (κ2) is 13.2. The largest absolute Gasteiger partial charge is 0.486 e. The van der Waals surface area contributed by atoms with Crippen LogP contribution in [0, 0.1) is 0 Å². The van der Waals surface area contributed by atoms with Crippen LogP contribution in [0.4, 0.5) is 5.69 Å². The molecule has 1 amide bonds. The van der Waals surface area contributed by atoms with E-state index in [0.29, 0.717) is 31.5 Å². The third kappa shape index (κ3) is 7.87. The van der Waals surface area contributed by atoms with Crippen molar-refractivity contribution in [3.05, 3.63) is 48.5 Å². The predicted octanol–water partition coefficient (Wildman–Crippen LogP) is 3.77. The minimum atomic E-state index is -0.649. The highest BCUT2D eigenvalue weighted by atomic mass is 32.2. The molecule has 0 spiro atoms. The van der Waals surface area contributed by atoms with Crippen molar-refractivity contribution >= 4 is 23.4 Å². The summed E-state index contributed by atoms with van der Waals surface area (Å²) in [4.78, 5) is 15.9. The number of hydrogen-bond acceptors (Lipinski definition) is 7. The molecule has 0 radical (unpaired) electrons. The van der Waals surface area contributed by atoms with Gasteiger partial charge in [0.05, 0.1) is 6.54 Å². The molecule has 7 nitrogen and oxygen atoms in total. The van der Waals surface area contributed by atoms with E-state index in [1.807, 2.05) is 48.2 Å². The maximum absolute atomic E-state index is 12.5. The number of benzene rings is 2. The average Bonchev–Trinajstić information content (AvgIpc) is 2.89. The number of carbonyl (C=O) groups is 1. The van der Waals surface area contributed by atoms with Gasteiger partial charge >= 0.3 is 0 Å². The first kappa shape index (κ1) is 25.8. The van der Waals surface area contributed by atoms with Crippen LogP contribution in [0.1, 0.15) is 32.6 Å². The van der Waals surface area contributed by atoms with Crippen molar-refractivity contribution in [2.24, 2.45) is 0 Å². The number of hydrogen-bond donors (Lipinski definition) is 3. The van der Waals surface area contributed by atoms with Gasteiger partial charge in [-0.05, 0) is 61.4 Å². The van der Waals surface area contributed by atoms with Gasteiger partial charge in [0.1, 0.15) is 12.7 Å². The Kier molecular flexibility index (Phi) is 9.71. The Morgan fingerprint density at radius 1 is 1.14 bits per heavy atom. The summed E-state index contributed by atoms with van der Waals surface area (Å²) in [5.74, 6) is 2.55. The van der Waals surface area contributed by atoms with Gasteiger partial charge in [-0.2, -0.15) is 0 Å². The number of carbonyl (C=O) groups excluding carboxylic acids is 1. The fourth-order valence-electron chi connectivity index (χ4n) is 4.31. The van der Waals surface area contributed by atoms with Gasteiger partial charge in [0, 0.05) is 36.3 Å². The molecular formula is C27H37N3O4S. The molecule has 0 aromatic heterocycles. The van der Waals surface area contributed by atoms with Crippen molar-refractivity contribution in [1.82, 2.24) is 10.2 Å². The van der Waals surface area contributed by atoms with Crippen molar-refractivity contribution in [3.63, 3.8) is 0 Å². The van der Waals surface area contributed by atoms with E-state index < -0.39 is 6.10 Å². The smallest absolute Gasteiger partial charge is 0.238 e. The Labute approximate surface area is 212 Å². The number of nitrogens with zero attached hydrogens (tertiary/aromatic N) is 1. The van der Waals surface area contributed by atoms with Gasteiger partial charge in [-0.3, -0.25) is 9.69 Å². The van der Waals surface area contributed by atoms with Gasteiger partial charge in [0.2, 0.25) is 5.91 Å². The monoisotopic (exact) mass is 499 g/mol. The Bertz CT molecular complexity index is 934. The molecule has 0 aliphatic carbocycles. The van der Waals surface area contributed by atoms with Gasteiger partial charge < -0.3 is 25.2 Å². The van der Waals surface area contributed by atoms with Crippen LogP contribution in [-0.2, 0) is 4.79 Å². The van der Waals surface area contributed by atoms with Crippen LogP contribution in [0.5, 0.6) is 11.5 Å². The van der Waals surface area contributed by atoms with Gasteiger partial charge in [0.25, 0.3) is 0 Å². The number of unbranched alkanes of at least 4 members (excludes halogenated alkanes) is 1. The van der Waals surface area contributed by atoms with E-state index in [1.165, 1.54) is 17.7 Å². The standard InChI is InChI=1S/C27H37N3O4S/c1-2-3-16-35-22-10-8-21(9-11-22)29-27(32)18-30-14-12-20(13-15-30)28-17-23(31)26-19-33-24-6-4-5-7-25(24)34-26/h4-11,20,23,26,28,31H,2-3,12-19H2,1H3,(H,29,32). The number of amides is 1. The van der Waals surface area contributed by atoms with E-state index in [1.54, 1.807) is 0 Å². The fourth-order valence-corrected chi connectivity index (χ4v) is 5.31. The summed E-state index contributed by atoms with van der Waals surface area (Å²) in [6.07, 6.45) is 3.27. The maximum atomic E-state index is 12.5. The van der Waals surface area contributed by atoms with E-state index in [4.69, 9.17) is 9.47 Å². The van der Waals surface area contributed by atoms with Crippen LogP contribution in [-0.4, -0.2) is 72.7 Å². The van der Waals surface area contributed by atoms with Crippen LogP contribution in [0.25, 0.3) is 0 Å². The summed E-state index contributed by atoms with van der Waals surface area (Å²) < 4.78 is 11.6. The molecule has 190 valence electrons. The number of ether oxygens (including phenoxy) is 2. The molecule has 0 bridgehead atoms. The molecule has 2 aliphatic rings. The van der Waals surface area contributed by atoms with Crippen molar-refractivity contribution < 1.29 is 19.4 Å². The summed E-state index contributed by atoms with van der Waals surface area (Å²) in [5.41, 5.74) is 0.844. The minimum absolute atomic E-state index is 0.0212. The van der Waals surface area contributed by atoms with E-state index in [2.05, 4.69) is 34.6 Å². The lowest BCUT2D eigenvalue weighted by Crippen LogP contribution is -2.50. The first-order valence-corrected chi connectivity index (χ1v) is 13.6. The van der Waals surface area contributed by atoms with E-state index in [9.17, 15) is 9.90 Å². The number of para-hydroxylation sites is 2. The first-order chi connectivity index (χ1) is 17.1. The summed E-state index contributed by atoms with van der Waals surface area (Å²) in [5, 5.41) is 17.1. The molecule has 2 unspecified atom stereocenters. The molecule has 2 aromatic carbocycles. The quantitative estimate of drug-likeness (QED) is 0.321. The highest BCUT2D eigenvalue weighted by Crippen LogP contribution is 2.31. The van der Waals surface area contributed by atoms with Crippen LogP contribution < -0.4 is 20.1 Å². The molecule has 2 aromatic rings. The van der Waals surface area contributed by atoms with Crippen molar-refractivity contribution in [3.8, 4) is 11.5 Å². The lowest BCUT2D eigenvalue weighted by atomic mass is 10.0. The molecule has 4 rings (SSSR count). The van der Waals surface area contributed by atoms with Crippen molar-refractivity contribution in [1.29, 1.82) is 0 Å². The molecule has 2 atom stereocenters. The van der Waals surface area contributed by atoms with Crippen LogP contribution in [0.15, 0.2) is 53.4 Å². The lowest BCUT2D eigenvalue weighted by Gasteiger charge is -2.34. The summed E-state index contributed by atoms with van der Waals surface area (Å²) >= 11 is 1.86.